The summed E-state index contributed by atoms with van der Waals surface area (Å²) in [5.41, 5.74) is -0.342. The van der Waals surface area contributed by atoms with Gasteiger partial charge in [-0.3, -0.25) is 0 Å². The molecule has 0 N–H and O–H groups in total. The SMILES string of the molecule is CC(=C=O)C1CC(F)(F)C1(F)F. The fraction of sp³-hybridized carbons (Fsp3) is 0.714. The lowest BCUT2D eigenvalue weighted by atomic mass is 9.73. The Bertz CT molecular complexity index is 252. The highest BCUT2D eigenvalue weighted by Gasteiger charge is 2.72. The molecule has 0 aromatic heterocycles. The fourth-order valence-corrected chi connectivity index (χ4v) is 1.14. The lowest BCUT2D eigenvalue weighted by molar-refractivity contribution is -0.303. The van der Waals surface area contributed by atoms with Crippen molar-refractivity contribution in [1.29, 1.82) is 0 Å². The summed E-state index contributed by atoms with van der Waals surface area (Å²) >= 11 is 0. The monoisotopic (exact) mass is 182 g/mol. The molecule has 0 aliphatic heterocycles. The van der Waals surface area contributed by atoms with Gasteiger partial charge in [-0.2, -0.15) is 17.6 Å². The topological polar surface area (TPSA) is 17.1 Å². The summed E-state index contributed by atoms with van der Waals surface area (Å²) in [6.45, 7) is 1.08. The van der Waals surface area contributed by atoms with Crippen molar-refractivity contribution in [2.45, 2.75) is 25.2 Å². The Morgan fingerprint density at radius 2 is 1.92 bits per heavy atom. The smallest absolute Gasteiger partial charge is 0.234 e. The van der Waals surface area contributed by atoms with Gasteiger partial charge in [-0.25, -0.2) is 4.79 Å². The molecule has 0 amide bonds. The highest BCUT2D eigenvalue weighted by atomic mass is 19.3. The van der Waals surface area contributed by atoms with Crippen LogP contribution in [0, 0.1) is 5.92 Å². The Labute approximate surface area is 66.1 Å². The zero-order valence-electron chi connectivity index (χ0n) is 6.20. The summed E-state index contributed by atoms with van der Waals surface area (Å²) in [5, 5.41) is 0. The third kappa shape index (κ3) is 0.966. The number of halogens is 4. The Balaban J connectivity index is 2.86. The van der Waals surface area contributed by atoms with E-state index >= 15 is 0 Å². The van der Waals surface area contributed by atoms with Crippen molar-refractivity contribution in [1.82, 2.24) is 0 Å². The van der Waals surface area contributed by atoms with E-state index in [0.29, 0.717) is 0 Å². The fourth-order valence-electron chi connectivity index (χ4n) is 1.14. The lowest BCUT2D eigenvalue weighted by Crippen LogP contribution is -2.59. The predicted molar refractivity (Wildman–Crippen MR) is 32.9 cm³/mol. The Morgan fingerprint density at radius 1 is 1.42 bits per heavy atom. The highest BCUT2D eigenvalue weighted by Crippen LogP contribution is 2.57. The van der Waals surface area contributed by atoms with Crippen molar-refractivity contribution in [2.24, 2.45) is 5.92 Å². The first-order valence-corrected chi connectivity index (χ1v) is 3.30. The molecule has 0 heterocycles. The van der Waals surface area contributed by atoms with Crippen LogP contribution in [0.4, 0.5) is 17.6 Å². The van der Waals surface area contributed by atoms with E-state index < -0.39 is 24.2 Å². The molecule has 12 heavy (non-hydrogen) atoms. The zero-order chi connectivity index (χ0) is 9.57. The molecule has 0 aromatic carbocycles. The van der Waals surface area contributed by atoms with Crippen molar-refractivity contribution >= 4 is 5.94 Å². The minimum Gasteiger partial charge on any atom is -0.234 e. The van der Waals surface area contributed by atoms with Crippen LogP contribution in [0.3, 0.4) is 0 Å². The van der Waals surface area contributed by atoms with Crippen LogP contribution in [-0.4, -0.2) is 17.8 Å². The number of alkyl halides is 4. The molecular formula is C7H6F4O. The maximum atomic E-state index is 12.5. The van der Waals surface area contributed by atoms with Gasteiger partial charge in [-0.15, -0.1) is 0 Å². The first-order chi connectivity index (χ1) is 5.33. The van der Waals surface area contributed by atoms with Gasteiger partial charge in [0.05, 0.1) is 5.92 Å². The molecule has 1 atom stereocenters. The molecule has 0 spiro atoms. The Morgan fingerprint density at radius 3 is 2.17 bits per heavy atom. The number of rotatable bonds is 1. The summed E-state index contributed by atoms with van der Waals surface area (Å²) in [6, 6.07) is 0. The van der Waals surface area contributed by atoms with E-state index in [1.54, 1.807) is 0 Å². The third-order valence-electron chi connectivity index (χ3n) is 2.07. The molecule has 1 nitrogen and oxygen atoms in total. The molecule has 0 bridgehead atoms. The average Bonchev–Trinajstić information content (AvgIpc) is 1.99. The maximum Gasteiger partial charge on any atom is 0.317 e. The molecular weight excluding hydrogens is 176 g/mol. The van der Waals surface area contributed by atoms with E-state index in [0.717, 1.165) is 6.92 Å². The molecule has 5 heteroatoms. The van der Waals surface area contributed by atoms with Crippen LogP contribution in [0.25, 0.3) is 0 Å². The van der Waals surface area contributed by atoms with Crippen LogP contribution in [-0.2, 0) is 4.79 Å². The van der Waals surface area contributed by atoms with Crippen LogP contribution < -0.4 is 0 Å². The zero-order valence-corrected chi connectivity index (χ0v) is 6.20. The molecule has 1 aliphatic carbocycles. The van der Waals surface area contributed by atoms with E-state index in [1.165, 1.54) is 5.94 Å². The molecule has 0 aromatic rings. The van der Waals surface area contributed by atoms with Gasteiger partial charge in [0.1, 0.15) is 5.94 Å². The van der Waals surface area contributed by atoms with E-state index in [4.69, 9.17) is 0 Å². The second kappa shape index (κ2) is 2.33. The van der Waals surface area contributed by atoms with Crippen LogP contribution in [0.2, 0.25) is 0 Å². The van der Waals surface area contributed by atoms with Gasteiger partial charge in [0.25, 0.3) is 0 Å². The van der Waals surface area contributed by atoms with Gasteiger partial charge in [0, 0.05) is 12.0 Å². The van der Waals surface area contributed by atoms with Crippen molar-refractivity contribution < 1.29 is 22.4 Å². The van der Waals surface area contributed by atoms with E-state index in [9.17, 15) is 22.4 Å². The Hall–Kier alpha value is -0.830. The van der Waals surface area contributed by atoms with Gasteiger partial charge in [0.2, 0.25) is 0 Å². The molecule has 1 rings (SSSR count). The number of allylic oxidation sites excluding steroid dienone is 1. The predicted octanol–water partition coefficient (Wildman–Crippen LogP) is 2.05. The van der Waals surface area contributed by atoms with Crippen LogP contribution in [0.1, 0.15) is 13.3 Å². The number of hydrogen-bond donors (Lipinski definition) is 0. The average molecular weight is 182 g/mol. The highest BCUT2D eigenvalue weighted by molar-refractivity contribution is 5.53. The Kier molecular flexibility index (Phi) is 1.80. The minimum atomic E-state index is -4.07. The van der Waals surface area contributed by atoms with Crippen LogP contribution in [0.5, 0.6) is 0 Å². The molecule has 1 aliphatic rings. The standard InChI is InChI=1S/C7H6F4O/c1-4(3-12)5-2-6(8,9)7(5,10)11/h5H,2H2,1H3. The molecule has 68 valence electrons. The van der Waals surface area contributed by atoms with Crippen molar-refractivity contribution in [3.8, 4) is 0 Å². The summed E-state index contributed by atoms with van der Waals surface area (Å²) in [4.78, 5) is 9.90. The summed E-state index contributed by atoms with van der Waals surface area (Å²) in [7, 11) is 0. The van der Waals surface area contributed by atoms with Crippen molar-refractivity contribution in [3.63, 3.8) is 0 Å². The minimum absolute atomic E-state index is 0.342. The molecule has 1 unspecified atom stereocenters. The summed E-state index contributed by atoms with van der Waals surface area (Å²) in [6.07, 6.45) is -0.957. The van der Waals surface area contributed by atoms with Crippen LogP contribution in [0.15, 0.2) is 5.57 Å². The number of hydrogen-bond acceptors (Lipinski definition) is 1. The second-order valence-corrected chi connectivity index (χ2v) is 2.87. The first kappa shape index (κ1) is 9.26. The van der Waals surface area contributed by atoms with Crippen LogP contribution >= 0.6 is 0 Å². The lowest BCUT2D eigenvalue weighted by Gasteiger charge is -2.43. The largest absolute Gasteiger partial charge is 0.317 e. The molecule has 1 saturated carbocycles. The maximum absolute atomic E-state index is 12.5. The number of carbonyl (C=O) groups excluding carboxylic acids is 1. The first-order valence-electron chi connectivity index (χ1n) is 3.30. The van der Waals surface area contributed by atoms with Gasteiger partial charge in [0.15, 0.2) is 0 Å². The quantitative estimate of drug-likeness (QED) is 0.448. The normalized spacial score (nSPS) is 30.2. The van der Waals surface area contributed by atoms with Gasteiger partial charge in [-0.05, 0) is 6.92 Å². The van der Waals surface area contributed by atoms with Gasteiger partial charge in [-0.1, -0.05) is 0 Å². The summed E-state index contributed by atoms with van der Waals surface area (Å²) in [5.74, 6) is -8.46. The molecule has 1 fully saturated rings. The van der Waals surface area contributed by atoms with E-state index in [2.05, 4.69) is 0 Å². The molecule has 0 saturated heterocycles. The van der Waals surface area contributed by atoms with Gasteiger partial charge >= 0.3 is 11.8 Å². The third-order valence-corrected chi connectivity index (χ3v) is 2.07. The summed E-state index contributed by atoms with van der Waals surface area (Å²) < 4.78 is 49.3. The van der Waals surface area contributed by atoms with Crippen molar-refractivity contribution in [3.05, 3.63) is 5.57 Å². The van der Waals surface area contributed by atoms with E-state index in [1.807, 2.05) is 0 Å². The van der Waals surface area contributed by atoms with E-state index in [-0.39, 0.29) is 5.57 Å². The molecule has 0 radical (unpaired) electrons. The second-order valence-electron chi connectivity index (χ2n) is 2.87. The van der Waals surface area contributed by atoms with Gasteiger partial charge < -0.3 is 0 Å². The van der Waals surface area contributed by atoms with Crippen molar-refractivity contribution in [2.75, 3.05) is 0 Å².